The van der Waals surface area contributed by atoms with E-state index in [1.165, 1.54) is 0 Å². The summed E-state index contributed by atoms with van der Waals surface area (Å²) >= 11 is 5.83. The minimum atomic E-state index is 0.288. The molecule has 0 fully saturated rings. The van der Waals surface area contributed by atoms with Gasteiger partial charge in [0.1, 0.15) is 5.58 Å². The van der Waals surface area contributed by atoms with Crippen molar-refractivity contribution in [3.8, 4) is 6.07 Å². The lowest BCUT2D eigenvalue weighted by atomic mass is 10.1. The molecule has 1 aromatic heterocycles. The van der Waals surface area contributed by atoms with Crippen molar-refractivity contribution in [3.05, 3.63) is 35.0 Å². The summed E-state index contributed by atoms with van der Waals surface area (Å²) in [5.41, 5.74) is 1.51. The zero-order chi connectivity index (χ0) is 9.26. The molecular weight excluding hydrogens is 186 g/mol. The Kier molecular flexibility index (Phi) is 1.96. The van der Waals surface area contributed by atoms with Crippen LogP contribution in [0.2, 0.25) is 5.22 Å². The number of halogens is 1. The number of para-hydroxylation sites is 1. The molecule has 0 radical (unpaired) electrons. The van der Waals surface area contributed by atoms with E-state index < -0.39 is 0 Å². The van der Waals surface area contributed by atoms with Gasteiger partial charge in [0.25, 0.3) is 0 Å². The smallest absolute Gasteiger partial charge is 0.198 e. The second kappa shape index (κ2) is 3.12. The molecule has 0 aliphatic carbocycles. The van der Waals surface area contributed by atoms with Gasteiger partial charge < -0.3 is 4.42 Å². The summed E-state index contributed by atoms with van der Waals surface area (Å²) in [6.45, 7) is 0. The van der Waals surface area contributed by atoms with Crippen molar-refractivity contribution >= 4 is 22.6 Å². The van der Waals surface area contributed by atoms with Crippen molar-refractivity contribution in [3.63, 3.8) is 0 Å². The molecule has 0 amide bonds. The van der Waals surface area contributed by atoms with E-state index in [2.05, 4.69) is 6.07 Å². The highest BCUT2D eigenvalue weighted by Crippen LogP contribution is 2.29. The first-order valence-corrected chi connectivity index (χ1v) is 4.23. The maximum absolute atomic E-state index is 8.57. The molecule has 0 bridgehead atoms. The van der Waals surface area contributed by atoms with Crippen molar-refractivity contribution < 1.29 is 4.42 Å². The highest BCUT2D eigenvalue weighted by molar-refractivity contribution is 6.30. The SMILES string of the molecule is N#CCc1c(Cl)oc2ccccc12. The normalized spacial score (nSPS) is 10.2. The Morgan fingerprint density at radius 1 is 1.38 bits per heavy atom. The Bertz CT molecular complexity index is 481. The average molecular weight is 192 g/mol. The van der Waals surface area contributed by atoms with Crippen LogP contribution in [0.4, 0.5) is 0 Å². The Morgan fingerprint density at radius 3 is 2.92 bits per heavy atom. The van der Waals surface area contributed by atoms with Gasteiger partial charge in [0.15, 0.2) is 5.22 Å². The van der Waals surface area contributed by atoms with E-state index in [1.807, 2.05) is 24.3 Å². The molecule has 64 valence electrons. The summed E-state index contributed by atoms with van der Waals surface area (Å²) in [5, 5.41) is 9.82. The summed E-state index contributed by atoms with van der Waals surface area (Å²) < 4.78 is 5.27. The standard InChI is InChI=1S/C10H6ClNO/c11-10-8(5-6-12)7-3-1-2-4-9(7)13-10/h1-4H,5H2. The lowest BCUT2D eigenvalue weighted by Crippen LogP contribution is -1.77. The molecule has 0 saturated heterocycles. The summed E-state index contributed by atoms with van der Waals surface area (Å²) in [6, 6.07) is 9.57. The fourth-order valence-electron chi connectivity index (χ4n) is 1.31. The third-order valence-electron chi connectivity index (χ3n) is 1.90. The predicted octanol–water partition coefficient (Wildman–Crippen LogP) is 3.15. The maximum Gasteiger partial charge on any atom is 0.198 e. The maximum atomic E-state index is 8.57. The molecule has 0 spiro atoms. The van der Waals surface area contributed by atoms with Crippen LogP contribution >= 0.6 is 11.6 Å². The van der Waals surface area contributed by atoms with Crippen LogP contribution in [0.3, 0.4) is 0 Å². The number of hydrogen-bond donors (Lipinski definition) is 0. The Morgan fingerprint density at radius 2 is 2.15 bits per heavy atom. The number of rotatable bonds is 1. The fraction of sp³-hybridized carbons (Fsp3) is 0.100. The molecule has 1 aromatic carbocycles. The summed E-state index contributed by atoms with van der Waals surface area (Å²) in [6.07, 6.45) is 0.288. The number of hydrogen-bond acceptors (Lipinski definition) is 2. The quantitative estimate of drug-likeness (QED) is 0.694. The van der Waals surface area contributed by atoms with Gasteiger partial charge in [0, 0.05) is 10.9 Å². The summed E-state index contributed by atoms with van der Waals surface area (Å²) in [4.78, 5) is 0. The van der Waals surface area contributed by atoms with Crippen LogP contribution in [0, 0.1) is 11.3 Å². The second-order valence-electron chi connectivity index (χ2n) is 2.69. The van der Waals surface area contributed by atoms with Crippen LogP contribution in [-0.2, 0) is 6.42 Å². The minimum Gasteiger partial charge on any atom is -0.444 e. The number of fused-ring (bicyclic) bond motifs is 1. The van der Waals surface area contributed by atoms with Crippen molar-refractivity contribution in [2.75, 3.05) is 0 Å². The van der Waals surface area contributed by atoms with Gasteiger partial charge in [-0.05, 0) is 17.7 Å². The largest absolute Gasteiger partial charge is 0.444 e. The first-order valence-electron chi connectivity index (χ1n) is 3.86. The zero-order valence-electron chi connectivity index (χ0n) is 6.75. The zero-order valence-corrected chi connectivity index (χ0v) is 7.51. The van der Waals surface area contributed by atoms with Gasteiger partial charge >= 0.3 is 0 Å². The van der Waals surface area contributed by atoms with E-state index in [0.717, 1.165) is 16.5 Å². The van der Waals surface area contributed by atoms with Gasteiger partial charge in [-0.3, -0.25) is 0 Å². The first kappa shape index (κ1) is 8.15. The van der Waals surface area contributed by atoms with E-state index in [-0.39, 0.29) is 6.42 Å². The summed E-state index contributed by atoms with van der Waals surface area (Å²) in [5.74, 6) is 0. The number of nitriles is 1. The lowest BCUT2D eigenvalue weighted by Gasteiger charge is -1.88. The predicted molar refractivity (Wildman–Crippen MR) is 50.5 cm³/mol. The number of benzene rings is 1. The Labute approximate surface area is 80.3 Å². The molecule has 0 atom stereocenters. The van der Waals surface area contributed by atoms with Crippen LogP contribution in [0.25, 0.3) is 11.0 Å². The van der Waals surface area contributed by atoms with Gasteiger partial charge in [0.2, 0.25) is 0 Å². The molecular formula is C10H6ClNO. The molecule has 1 heterocycles. The van der Waals surface area contributed by atoms with Crippen molar-refractivity contribution in [2.45, 2.75) is 6.42 Å². The van der Waals surface area contributed by atoms with Crippen LogP contribution in [0.1, 0.15) is 5.56 Å². The first-order chi connectivity index (χ1) is 6.33. The second-order valence-corrected chi connectivity index (χ2v) is 3.03. The van der Waals surface area contributed by atoms with E-state index >= 15 is 0 Å². The van der Waals surface area contributed by atoms with Crippen LogP contribution in [-0.4, -0.2) is 0 Å². The number of furan rings is 1. The molecule has 0 aliphatic rings. The van der Waals surface area contributed by atoms with Crippen LogP contribution in [0.15, 0.2) is 28.7 Å². The molecule has 0 aliphatic heterocycles. The lowest BCUT2D eigenvalue weighted by molar-refractivity contribution is 0.614. The third-order valence-corrected chi connectivity index (χ3v) is 2.21. The fourth-order valence-corrected chi connectivity index (χ4v) is 1.56. The molecule has 0 N–H and O–H groups in total. The van der Waals surface area contributed by atoms with Gasteiger partial charge in [0.05, 0.1) is 12.5 Å². The molecule has 0 unspecified atom stereocenters. The average Bonchev–Trinajstić information content (AvgIpc) is 2.44. The van der Waals surface area contributed by atoms with E-state index in [9.17, 15) is 0 Å². The van der Waals surface area contributed by atoms with E-state index in [0.29, 0.717) is 5.22 Å². The molecule has 0 saturated carbocycles. The van der Waals surface area contributed by atoms with Crippen molar-refractivity contribution in [2.24, 2.45) is 0 Å². The van der Waals surface area contributed by atoms with Gasteiger partial charge in [-0.2, -0.15) is 5.26 Å². The molecule has 2 nitrogen and oxygen atoms in total. The highest BCUT2D eigenvalue weighted by atomic mass is 35.5. The Balaban J connectivity index is 2.73. The van der Waals surface area contributed by atoms with Crippen LogP contribution < -0.4 is 0 Å². The van der Waals surface area contributed by atoms with Crippen LogP contribution in [0.5, 0.6) is 0 Å². The van der Waals surface area contributed by atoms with E-state index in [4.69, 9.17) is 21.3 Å². The molecule has 3 heteroatoms. The minimum absolute atomic E-state index is 0.288. The van der Waals surface area contributed by atoms with E-state index in [1.54, 1.807) is 0 Å². The third kappa shape index (κ3) is 1.28. The Hall–Kier alpha value is -1.46. The van der Waals surface area contributed by atoms with Gasteiger partial charge in [-0.15, -0.1) is 0 Å². The van der Waals surface area contributed by atoms with Gasteiger partial charge in [-0.1, -0.05) is 18.2 Å². The van der Waals surface area contributed by atoms with Gasteiger partial charge in [-0.25, -0.2) is 0 Å². The topological polar surface area (TPSA) is 36.9 Å². The molecule has 2 aromatic rings. The molecule has 13 heavy (non-hydrogen) atoms. The number of nitrogens with zero attached hydrogens (tertiary/aromatic N) is 1. The van der Waals surface area contributed by atoms with Crippen molar-refractivity contribution in [1.29, 1.82) is 5.26 Å². The highest BCUT2D eigenvalue weighted by Gasteiger charge is 2.10. The summed E-state index contributed by atoms with van der Waals surface area (Å²) in [7, 11) is 0. The van der Waals surface area contributed by atoms with Crippen molar-refractivity contribution in [1.82, 2.24) is 0 Å². The monoisotopic (exact) mass is 191 g/mol. The molecule has 2 rings (SSSR count).